The molecule has 0 N–H and O–H groups in total. The van der Waals surface area contributed by atoms with Crippen molar-refractivity contribution in [2.75, 3.05) is 6.66 Å². The highest BCUT2D eigenvalue weighted by Crippen LogP contribution is 2.47. The molecule has 38 valence electrons. The van der Waals surface area contributed by atoms with Crippen LogP contribution in [0.1, 0.15) is 0 Å². The lowest BCUT2D eigenvalue weighted by atomic mass is 10.6. The molecule has 0 atom stereocenters. The van der Waals surface area contributed by atoms with Gasteiger partial charge in [-0.25, -0.2) is 0 Å². The van der Waals surface area contributed by atoms with Crippen LogP contribution in [0.3, 0.4) is 0 Å². The predicted octanol–water partition coefficient (Wildman–Crippen LogP) is 2.02. The van der Waals surface area contributed by atoms with E-state index in [2.05, 4.69) is 0 Å². The van der Waals surface area contributed by atoms with E-state index in [4.69, 9.17) is 0 Å². The zero-order valence-electron chi connectivity index (χ0n) is 4.16. The van der Waals surface area contributed by atoms with Crippen molar-refractivity contribution in [1.82, 2.24) is 0 Å². The summed E-state index contributed by atoms with van der Waals surface area (Å²) in [4.78, 5) is 0. The minimum absolute atomic E-state index is 1.74. The van der Waals surface area contributed by atoms with Crippen LogP contribution in [0.2, 0.25) is 0 Å². The van der Waals surface area contributed by atoms with Crippen LogP contribution in [-0.4, -0.2) is 6.66 Å². The maximum Gasteiger partial charge on any atom is 0.126 e. The van der Waals surface area contributed by atoms with Gasteiger partial charge in [-0.1, -0.05) is 12.2 Å². The number of allylic oxidation sites excluding steroid dienone is 2. The Morgan fingerprint density at radius 3 is 1.86 bits per heavy atom. The van der Waals surface area contributed by atoms with Crippen LogP contribution in [0.15, 0.2) is 23.8 Å². The first-order chi connectivity index (χ1) is 3.21. The van der Waals surface area contributed by atoms with Gasteiger partial charge in [0.05, 0.1) is 0 Å². The molecule has 1 heterocycles. The van der Waals surface area contributed by atoms with E-state index in [1.165, 1.54) is 0 Å². The lowest BCUT2D eigenvalue weighted by Gasteiger charge is -1.89. The molecular weight excluding hydrogens is 107 g/mol. The van der Waals surface area contributed by atoms with Crippen molar-refractivity contribution >= 4 is 7.14 Å². The fourth-order valence-corrected chi connectivity index (χ4v) is 1.47. The number of hydrogen-bond acceptors (Lipinski definition) is 1. The van der Waals surface area contributed by atoms with E-state index in [1.807, 2.05) is 12.2 Å². The van der Waals surface area contributed by atoms with E-state index in [0.717, 1.165) is 0 Å². The Bertz CT molecular complexity index is 151. The zero-order chi connectivity index (χ0) is 5.33. The minimum Gasteiger partial charge on any atom is -0.315 e. The molecule has 0 bridgehead atoms. The summed E-state index contributed by atoms with van der Waals surface area (Å²) in [7, 11) is -1.90. The normalized spacial score (nSPS) is 23.6. The number of rotatable bonds is 0. The van der Waals surface area contributed by atoms with E-state index in [-0.39, 0.29) is 0 Å². The Morgan fingerprint density at radius 2 is 1.71 bits per heavy atom. The summed E-state index contributed by atoms with van der Waals surface area (Å²) >= 11 is 0. The Balaban J connectivity index is 2.99. The molecule has 0 aromatic rings. The smallest absolute Gasteiger partial charge is 0.126 e. The highest BCUT2D eigenvalue weighted by molar-refractivity contribution is 7.69. The molecule has 0 aliphatic carbocycles. The van der Waals surface area contributed by atoms with Gasteiger partial charge in [0.15, 0.2) is 0 Å². The first kappa shape index (κ1) is 4.86. The van der Waals surface area contributed by atoms with Crippen molar-refractivity contribution in [2.45, 2.75) is 0 Å². The van der Waals surface area contributed by atoms with Crippen molar-refractivity contribution in [3.8, 4) is 0 Å². The molecule has 0 saturated carbocycles. The van der Waals surface area contributed by atoms with Gasteiger partial charge in [0.25, 0.3) is 0 Å². The molecule has 7 heavy (non-hydrogen) atoms. The monoisotopic (exact) mass is 114 g/mol. The molecule has 1 rings (SSSR count). The maximum atomic E-state index is 10.8. The summed E-state index contributed by atoms with van der Waals surface area (Å²) in [6, 6.07) is 0. The molecule has 2 heteroatoms. The molecule has 0 aromatic heterocycles. The molecule has 1 aliphatic heterocycles. The lowest BCUT2D eigenvalue weighted by Crippen LogP contribution is -1.55. The second-order valence-electron chi connectivity index (χ2n) is 1.74. The van der Waals surface area contributed by atoms with Crippen molar-refractivity contribution in [3.63, 3.8) is 0 Å². The molecular formula is C5H7OP. The fourth-order valence-electron chi connectivity index (χ4n) is 0.491. The SMILES string of the molecule is CP1(=O)C=CC=C1. The van der Waals surface area contributed by atoms with Crippen molar-refractivity contribution in [1.29, 1.82) is 0 Å². The van der Waals surface area contributed by atoms with Crippen LogP contribution in [0.4, 0.5) is 0 Å². The second kappa shape index (κ2) is 1.34. The van der Waals surface area contributed by atoms with E-state index >= 15 is 0 Å². The van der Waals surface area contributed by atoms with Gasteiger partial charge in [-0.2, -0.15) is 0 Å². The Labute approximate surface area is 43.1 Å². The molecule has 1 nitrogen and oxygen atoms in total. The first-order valence-electron chi connectivity index (χ1n) is 2.15. The molecule has 0 unspecified atom stereocenters. The molecule has 0 spiro atoms. The maximum absolute atomic E-state index is 10.8. The average Bonchev–Trinajstić information content (AvgIpc) is 1.84. The highest BCUT2D eigenvalue weighted by atomic mass is 31.2. The van der Waals surface area contributed by atoms with Crippen LogP contribution in [0, 0.1) is 0 Å². The summed E-state index contributed by atoms with van der Waals surface area (Å²) in [6.07, 6.45) is 3.64. The zero-order valence-corrected chi connectivity index (χ0v) is 5.06. The molecule has 1 aliphatic rings. The van der Waals surface area contributed by atoms with Crippen LogP contribution < -0.4 is 0 Å². The van der Waals surface area contributed by atoms with E-state index in [9.17, 15) is 4.57 Å². The minimum atomic E-state index is -1.90. The van der Waals surface area contributed by atoms with Crippen LogP contribution in [0.5, 0.6) is 0 Å². The third kappa shape index (κ3) is 1.04. The molecule has 0 radical (unpaired) electrons. The average molecular weight is 114 g/mol. The van der Waals surface area contributed by atoms with Gasteiger partial charge in [-0.3, -0.25) is 0 Å². The Morgan fingerprint density at radius 1 is 1.29 bits per heavy atom. The Kier molecular flexibility index (Phi) is 0.933. The first-order valence-corrected chi connectivity index (χ1v) is 4.44. The summed E-state index contributed by atoms with van der Waals surface area (Å²) in [6.45, 7) is 1.74. The van der Waals surface area contributed by atoms with Crippen molar-refractivity contribution < 1.29 is 4.57 Å². The second-order valence-corrected chi connectivity index (χ2v) is 4.46. The van der Waals surface area contributed by atoms with E-state index in [1.54, 1.807) is 18.3 Å². The molecule has 0 saturated heterocycles. The van der Waals surface area contributed by atoms with Crippen LogP contribution >= 0.6 is 7.14 Å². The van der Waals surface area contributed by atoms with E-state index < -0.39 is 7.14 Å². The fraction of sp³-hybridized carbons (Fsp3) is 0.200. The molecule has 0 aromatic carbocycles. The Hall–Kier alpha value is -0.290. The summed E-state index contributed by atoms with van der Waals surface area (Å²) < 4.78 is 10.8. The standard InChI is InChI=1S/C5H7OP/c1-7(6)4-2-3-5-7/h2-5H,1H3. The number of hydrogen-bond donors (Lipinski definition) is 0. The van der Waals surface area contributed by atoms with Gasteiger partial charge >= 0.3 is 0 Å². The third-order valence-electron chi connectivity index (χ3n) is 0.875. The van der Waals surface area contributed by atoms with Crippen LogP contribution in [-0.2, 0) is 4.57 Å². The quantitative estimate of drug-likeness (QED) is 0.440. The topological polar surface area (TPSA) is 17.1 Å². The van der Waals surface area contributed by atoms with Gasteiger partial charge in [0.1, 0.15) is 7.14 Å². The van der Waals surface area contributed by atoms with E-state index in [0.29, 0.717) is 0 Å². The van der Waals surface area contributed by atoms with Gasteiger partial charge in [-0.15, -0.1) is 0 Å². The largest absolute Gasteiger partial charge is 0.315 e. The third-order valence-corrected chi connectivity index (χ3v) is 2.40. The summed E-state index contributed by atoms with van der Waals surface area (Å²) in [5, 5.41) is 0. The summed E-state index contributed by atoms with van der Waals surface area (Å²) in [5.74, 6) is 3.49. The van der Waals surface area contributed by atoms with Gasteiger partial charge in [-0.05, 0) is 18.3 Å². The predicted molar refractivity (Wildman–Crippen MR) is 31.8 cm³/mol. The van der Waals surface area contributed by atoms with Crippen molar-refractivity contribution in [3.05, 3.63) is 23.8 Å². The van der Waals surface area contributed by atoms with Crippen molar-refractivity contribution in [2.24, 2.45) is 0 Å². The highest BCUT2D eigenvalue weighted by Gasteiger charge is 2.06. The lowest BCUT2D eigenvalue weighted by molar-refractivity contribution is 0.590. The van der Waals surface area contributed by atoms with Crippen LogP contribution in [0.25, 0.3) is 0 Å². The van der Waals surface area contributed by atoms with Gasteiger partial charge in [0, 0.05) is 0 Å². The summed E-state index contributed by atoms with van der Waals surface area (Å²) in [5.41, 5.74) is 0. The van der Waals surface area contributed by atoms with Gasteiger partial charge < -0.3 is 4.57 Å². The molecule has 0 amide bonds. The van der Waals surface area contributed by atoms with Gasteiger partial charge in [0.2, 0.25) is 0 Å². The molecule has 0 fully saturated rings.